The zero-order valence-electron chi connectivity index (χ0n) is 11.0. The molecule has 98 valence electrons. The van der Waals surface area contributed by atoms with Crippen LogP contribution in [0.5, 0.6) is 5.75 Å². The Morgan fingerprint density at radius 1 is 1.56 bits per heavy atom. The minimum atomic E-state index is 0.0115. The lowest BCUT2D eigenvalue weighted by Gasteiger charge is -2.18. The van der Waals surface area contributed by atoms with Crippen molar-refractivity contribution in [2.24, 2.45) is 7.05 Å². The van der Waals surface area contributed by atoms with Crippen molar-refractivity contribution in [2.45, 2.75) is 19.9 Å². The Morgan fingerprint density at radius 3 is 2.89 bits per heavy atom. The third kappa shape index (κ3) is 2.23. The van der Waals surface area contributed by atoms with Gasteiger partial charge in [0.05, 0.1) is 29.9 Å². The predicted octanol–water partition coefficient (Wildman–Crippen LogP) is 1.29. The van der Waals surface area contributed by atoms with Crippen LogP contribution in [0.4, 0.5) is 0 Å². The van der Waals surface area contributed by atoms with Crippen molar-refractivity contribution in [3.05, 3.63) is 22.5 Å². The van der Waals surface area contributed by atoms with E-state index in [-0.39, 0.29) is 6.04 Å². The first-order valence-corrected chi connectivity index (χ1v) is 6.54. The molecule has 7 heteroatoms. The molecule has 0 saturated carbocycles. The van der Waals surface area contributed by atoms with Crippen LogP contribution in [0.25, 0.3) is 0 Å². The Hall–Kier alpha value is -1.47. The predicted molar refractivity (Wildman–Crippen MR) is 69.9 cm³/mol. The Kier molecular flexibility index (Phi) is 3.93. The minimum absolute atomic E-state index is 0.0115. The Balaban J connectivity index is 2.47. The first-order chi connectivity index (χ1) is 8.69. The van der Waals surface area contributed by atoms with Crippen LogP contribution in [0.15, 0.2) is 6.20 Å². The smallest absolute Gasteiger partial charge is 0.161 e. The van der Waals surface area contributed by atoms with Crippen molar-refractivity contribution in [1.82, 2.24) is 24.7 Å². The first-order valence-electron chi connectivity index (χ1n) is 5.77. The third-order valence-electron chi connectivity index (χ3n) is 2.80. The summed E-state index contributed by atoms with van der Waals surface area (Å²) in [6.07, 6.45) is 1.73. The number of hydrogen-bond donors (Lipinski definition) is 1. The molecule has 0 aliphatic rings. The summed E-state index contributed by atoms with van der Waals surface area (Å²) in [7, 11) is 3.56. The maximum atomic E-state index is 5.37. The van der Waals surface area contributed by atoms with Gasteiger partial charge in [-0.25, -0.2) is 0 Å². The van der Waals surface area contributed by atoms with E-state index in [2.05, 4.69) is 26.9 Å². The number of aromatic nitrogens is 4. The van der Waals surface area contributed by atoms with Gasteiger partial charge in [-0.2, -0.15) is 5.10 Å². The van der Waals surface area contributed by atoms with Gasteiger partial charge in [-0.3, -0.25) is 4.68 Å². The molecule has 0 fully saturated rings. The van der Waals surface area contributed by atoms with E-state index in [1.165, 1.54) is 11.5 Å². The summed E-state index contributed by atoms with van der Waals surface area (Å²) < 4.78 is 11.2. The number of ether oxygens (including phenoxy) is 1. The zero-order valence-corrected chi connectivity index (χ0v) is 11.8. The van der Waals surface area contributed by atoms with Crippen molar-refractivity contribution in [2.75, 3.05) is 13.7 Å². The maximum Gasteiger partial charge on any atom is 0.161 e. The van der Waals surface area contributed by atoms with Crippen molar-refractivity contribution < 1.29 is 4.74 Å². The van der Waals surface area contributed by atoms with Gasteiger partial charge in [0.2, 0.25) is 0 Å². The van der Waals surface area contributed by atoms with E-state index in [0.29, 0.717) is 0 Å². The quantitative estimate of drug-likeness (QED) is 0.884. The van der Waals surface area contributed by atoms with E-state index in [0.717, 1.165) is 28.6 Å². The molecule has 18 heavy (non-hydrogen) atoms. The normalized spacial score (nSPS) is 12.7. The van der Waals surface area contributed by atoms with E-state index in [9.17, 15) is 0 Å². The van der Waals surface area contributed by atoms with Gasteiger partial charge >= 0.3 is 0 Å². The molecule has 0 aromatic carbocycles. The third-order valence-corrected chi connectivity index (χ3v) is 3.69. The van der Waals surface area contributed by atoms with Crippen LogP contribution >= 0.6 is 11.5 Å². The summed E-state index contributed by atoms with van der Waals surface area (Å²) >= 11 is 1.40. The van der Waals surface area contributed by atoms with Gasteiger partial charge in [0.1, 0.15) is 5.69 Å². The average Bonchev–Trinajstić information content (AvgIpc) is 2.93. The topological polar surface area (TPSA) is 64.9 Å². The second-order valence-electron chi connectivity index (χ2n) is 3.94. The number of aryl methyl sites for hydroxylation is 2. The largest absolute Gasteiger partial charge is 0.493 e. The van der Waals surface area contributed by atoms with Gasteiger partial charge in [0, 0.05) is 7.05 Å². The van der Waals surface area contributed by atoms with Gasteiger partial charge in [0.25, 0.3) is 0 Å². The Bertz CT molecular complexity index is 521. The van der Waals surface area contributed by atoms with Crippen LogP contribution < -0.4 is 10.1 Å². The monoisotopic (exact) mass is 267 g/mol. The molecule has 0 aliphatic heterocycles. The molecular weight excluding hydrogens is 250 g/mol. The molecule has 0 saturated heterocycles. The first kappa shape index (κ1) is 13.0. The van der Waals surface area contributed by atoms with Crippen LogP contribution in [0.3, 0.4) is 0 Å². The lowest BCUT2D eigenvalue weighted by molar-refractivity contribution is 0.401. The lowest BCUT2D eigenvalue weighted by atomic mass is 10.1. The summed E-state index contributed by atoms with van der Waals surface area (Å²) in [5.74, 6) is 0.774. The summed E-state index contributed by atoms with van der Waals surface area (Å²) in [6.45, 7) is 4.88. The fraction of sp³-hybridized carbons (Fsp3) is 0.545. The maximum absolute atomic E-state index is 5.37. The SMILES string of the molecule is CCNC(c1snnc1C)c1c(OC)cnn1C. The average molecular weight is 267 g/mol. The minimum Gasteiger partial charge on any atom is -0.493 e. The van der Waals surface area contributed by atoms with Crippen molar-refractivity contribution >= 4 is 11.5 Å². The van der Waals surface area contributed by atoms with E-state index >= 15 is 0 Å². The summed E-state index contributed by atoms with van der Waals surface area (Å²) in [5, 5.41) is 11.8. The van der Waals surface area contributed by atoms with Crippen LogP contribution in [0.2, 0.25) is 0 Å². The molecule has 0 spiro atoms. The van der Waals surface area contributed by atoms with Gasteiger partial charge in [-0.1, -0.05) is 11.4 Å². The Labute approximate surface area is 110 Å². The molecule has 0 aliphatic carbocycles. The molecule has 0 radical (unpaired) electrons. The van der Waals surface area contributed by atoms with E-state index in [1.54, 1.807) is 13.3 Å². The molecule has 2 heterocycles. The lowest BCUT2D eigenvalue weighted by Crippen LogP contribution is -2.24. The fourth-order valence-corrected chi connectivity index (χ4v) is 2.66. The zero-order chi connectivity index (χ0) is 13.1. The van der Waals surface area contributed by atoms with Crippen LogP contribution in [0, 0.1) is 6.92 Å². The van der Waals surface area contributed by atoms with Crippen LogP contribution in [-0.4, -0.2) is 33.0 Å². The fourth-order valence-electron chi connectivity index (χ4n) is 1.93. The van der Waals surface area contributed by atoms with Crippen LogP contribution in [-0.2, 0) is 7.05 Å². The Morgan fingerprint density at radius 2 is 2.33 bits per heavy atom. The van der Waals surface area contributed by atoms with E-state index in [1.807, 2.05) is 18.7 Å². The second kappa shape index (κ2) is 5.45. The number of nitrogens with one attached hydrogen (secondary N) is 1. The number of rotatable bonds is 5. The van der Waals surface area contributed by atoms with Crippen molar-refractivity contribution in [1.29, 1.82) is 0 Å². The number of methoxy groups -OCH3 is 1. The highest BCUT2D eigenvalue weighted by Gasteiger charge is 2.25. The molecule has 1 unspecified atom stereocenters. The van der Waals surface area contributed by atoms with Gasteiger partial charge in [0.15, 0.2) is 5.75 Å². The summed E-state index contributed by atoms with van der Waals surface area (Å²) in [6, 6.07) is 0.0115. The van der Waals surface area contributed by atoms with Gasteiger partial charge in [-0.05, 0) is 25.0 Å². The van der Waals surface area contributed by atoms with Crippen molar-refractivity contribution in [3.8, 4) is 5.75 Å². The summed E-state index contributed by atoms with van der Waals surface area (Å²) in [4.78, 5) is 1.10. The van der Waals surface area contributed by atoms with E-state index in [4.69, 9.17) is 4.74 Å². The van der Waals surface area contributed by atoms with E-state index < -0.39 is 0 Å². The molecule has 2 aromatic heterocycles. The highest BCUT2D eigenvalue weighted by molar-refractivity contribution is 7.05. The highest BCUT2D eigenvalue weighted by atomic mass is 32.1. The van der Waals surface area contributed by atoms with Crippen molar-refractivity contribution in [3.63, 3.8) is 0 Å². The van der Waals surface area contributed by atoms with Gasteiger partial charge in [-0.15, -0.1) is 5.10 Å². The summed E-state index contributed by atoms with van der Waals surface area (Å²) in [5.41, 5.74) is 1.93. The molecular formula is C11H17N5OS. The standard InChI is InChI=1S/C11H17N5OS/c1-5-12-9(11-7(2)14-15-18-11)10-8(17-4)6-13-16(10)3/h6,9,12H,5H2,1-4H3. The molecule has 6 nitrogen and oxygen atoms in total. The molecule has 2 rings (SSSR count). The highest BCUT2D eigenvalue weighted by Crippen LogP contribution is 2.32. The second-order valence-corrected chi connectivity index (χ2v) is 4.72. The van der Waals surface area contributed by atoms with Gasteiger partial charge < -0.3 is 10.1 Å². The molecule has 1 N–H and O–H groups in total. The molecule has 2 aromatic rings. The number of nitrogens with zero attached hydrogens (tertiary/aromatic N) is 4. The molecule has 0 amide bonds. The molecule has 1 atom stereocenters. The number of hydrogen-bond acceptors (Lipinski definition) is 6. The molecule has 0 bridgehead atoms. The van der Waals surface area contributed by atoms with Crippen LogP contribution in [0.1, 0.15) is 29.2 Å².